The number of aromatic nitrogens is 2. The molecule has 5 heterocycles. The summed E-state index contributed by atoms with van der Waals surface area (Å²) in [6.45, 7) is 10.1. The maximum atomic E-state index is 13.8. The Morgan fingerprint density at radius 1 is 1.11 bits per heavy atom. The number of benzene rings is 1. The number of morpholine rings is 1. The van der Waals surface area contributed by atoms with E-state index in [1.165, 1.54) is 25.9 Å². The number of nitrogens with one attached hydrogen (secondary N) is 1. The predicted octanol–water partition coefficient (Wildman–Crippen LogP) is 3.40. The summed E-state index contributed by atoms with van der Waals surface area (Å²) >= 11 is 0. The number of amides is 1. The Labute approximate surface area is 223 Å². The van der Waals surface area contributed by atoms with Gasteiger partial charge in [0.15, 0.2) is 0 Å². The number of hydrogen-bond acceptors (Lipinski definition) is 8. The zero-order valence-corrected chi connectivity index (χ0v) is 22.0. The van der Waals surface area contributed by atoms with E-state index in [4.69, 9.17) is 9.72 Å². The van der Waals surface area contributed by atoms with Crippen LogP contribution in [0.3, 0.4) is 0 Å². The lowest BCUT2D eigenvalue weighted by Gasteiger charge is -2.27. The summed E-state index contributed by atoms with van der Waals surface area (Å²) in [4.78, 5) is 30.1. The Kier molecular flexibility index (Phi) is 7.14. The first-order valence-corrected chi connectivity index (χ1v) is 13.7. The Morgan fingerprint density at radius 2 is 1.92 bits per heavy atom. The predicted molar refractivity (Wildman–Crippen MR) is 148 cm³/mol. The van der Waals surface area contributed by atoms with Crippen molar-refractivity contribution in [3.8, 4) is 5.88 Å². The lowest BCUT2D eigenvalue weighted by molar-refractivity contribution is 0.0341. The van der Waals surface area contributed by atoms with Gasteiger partial charge in [-0.2, -0.15) is 0 Å². The van der Waals surface area contributed by atoms with Gasteiger partial charge in [0.25, 0.3) is 5.91 Å². The molecule has 200 valence electrons. The Bertz CT molecular complexity index is 1320. The smallest absolute Gasteiger partial charge is 0.259 e. The third kappa shape index (κ3) is 5.32. The normalized spacial score (nSPS) is 20.9. The van der Waals surface area contributed by atoms with Crippen LogP contribution in [0.15, 0.2) is 36.5 Å². The van der Waals surface area contributed by atoms with E-state index < -0.39 is 0 Å². The minimum atomic E-state index is -0.162. The van der Waals surface area contributed by atoms with Crippen LogP contribution in [0.25, 0.3) is 10.9 Å². The van der Waals surface area contributed by atoms with E-state index in [0.717, 1.165) is 74.7 Å². The van der Waals surface area contributed by atoms with Crippen molar-refractivity contribution >= 4 is 28.3 Å². The summed E-state index contributed by atoms with van der Waals surface area (Å²) < 4.78 is 5.50. The summed E-state index contributed by atoms with van der Waals surface area (Å²) in [6.07, 6.45) is 5.59. The first kappa shape index (κ1) is 25.0. The molecule has 3 aliphatic heterocycles. The fraction of sp³-hybridized carbons (Fsp3) is 0.483. The number of aromatic hydroxyl groups is 1. The molecule has 1 amide bonds. The van der Waals surface area contributed by atoms with E-state index in [1.54, 1.807) is 6.07 Å². The molecule has 2 aromatic heterocycles. The van der Waals surface area contributed by atoms with Gasteiger partial charge in [-0.3, -0.25) is 14.6 Å². The van der Waals surface area contributed by atoms with Crippen molar-refractivity contribution in [1.29, 1.82) is 0 Å². The van der Waals surface area contributed by atoms with E-state index in [9.17, 15) is 9.90 Å². The minimum Gasteiger partial charge on any atom is -0.493 e. The highest BCUT2D eigenvalue weighted by atomic mass is 16.5. The summed E-state index contributed by atoms with van der Waals surface area (Å²) in [6, 6.07) is 9.75. The number of anilines is 2. The molecule has 0 spiro atoms. The van der Waals surface area contributed by atoms with Gasteiger partial charge in [-0.05, 0) is 74.7 Å². The zero-order valence-electron chi connectivity index (χ0n) is 22.0. The van der Waals surface area contributed by atoms with Crippen molar-refractivity contribution in [2.45, 2.75) is 38.8 Å². The summed E-state index contributed by atoms with van der Waals surface area (Å²) in [5, 5.41) is 13.8. The average Bonchev–Trinajstić information content (AvgIpc) is 3.62. The number of ether oxygens (including phenoxy) is 1. The Morgan fingerprint density at radius 3 is 2.74 bits per heavy atom. The molecule has 1 unspecified atom stereocenters. The molecular formula is C29H36N6O3. The molecule has 3 aliphatic rings. The second-order valence-electron chi connectivity index (χ2n) is 10.7. The van der Waals surface area contributed by atoms with Gasteiger partial charge >= 0.3 is 0 Å². The molecule has 0 radical (unpaired) electrons. The van der Waals surface area contributed by atoms with Gasteiger partial charge in [-0.1, -0.05) is 0 Å². The molecule has 0 aliphatic carbocycles. The molecule has 3 fully saturated rings. The highest BCUT2D eigenvalue weighted by Crippen LogP contribution is 2.29. The molecule has 0 saturated carbocycles. The van der Waals surface area contributed by atoms with Crippen LogP contribution in [0.2, 0.25) is 0 Å². The molecule has 2 N–H and O–H groups in total. The number of nitrogens with zero attached hydrogens (tertiary/aromatic N) is 5. The molecule has 38 heavy (non-hydrogen) atoms. The summed E-state index contributed by atoms with van der Waals surface area (Å²) in [5.74, 6) is 0.598. The minimum absolute atomic E-state index is 0.00238. The highest BCUT2D eigenvalue weighted by molar-refractivity contribution is 6.08. The Hall–Kier alpha value is -3.27. The molecule has 3 saturated heterocycles. The number of carbonyl (C=O) groups excluding carboxylic acids is 1. The van der Waals surface area contributed by atoms with Crippen molar-refractivity contribution in [2.75, 3.05) is 62.7 Å². The van der Waals surface area contributed by atoms with Gasteiger partial charge in [0.1, 0.15) is 5.82 Å². The molecule has 0 bridgehead atoms. The maximum Gasteiger partial charge on any atom is 0.259 e. The largest absolute Gasteiger partial charge is 0.493 e. The summed E-state index contributed by atoms with van der Waals surface area (Å²) in [5.41, 5.74) is 3.94. The SMILES string of the molecule is Cc1cc(O)nc2ccc(NC(=O)c3cc(CN4CCOCC4)cnc3N3CCC(N4CCCC4)C3)cc12. The van der Waals surface area contributed by atoms with E-state index in [2.05, 4.69) is 25.0 Å². The number of rotatable bonds is 6. The fourth-order valence-corrected chi connectivity index (χ4v) is 6.02. The summed E-state index contributed by atoms with van der Waals surface area (Å²) in [7, 11) is 0. The van der Waals surface area contributed by atoms with Crippen LogP contribution in [-0.4, -0.2) is 89.3 Å². The maximum absolute atomic E-state index is 13.8. The van der Waals surface area contributed by atoms with Gasteiger partial charge in [0, 0.05) is 62.1 Å². The van der Waals surface area contributed by atoms with Crippen LogP contribution >= 0.6 is 0 Å². The first-order valence-electron chi connectivity index (χ1n) is 13.7. The van der Waals surface area contributed by atoms with Gasteiger partial charge in [0.05, 0.1) is 24.3 Å². The highest BCUT2D eigenvalue weighted by Gasteiger charge is 2.32. The molecule has 3 aromatic rings. The van der Waals surface area contributed by atoms with E-state index in [1.807, 2.05) is 37.4 Å². The molecule has 1 aromatic carbocycles. The third-order valence-electron chi connectivity index (χ3n) is 8.06. The molecule has 9 heteroatoms. The molecule has 1 atom stereocenters. The van der Waals surface area contributed by atoms with Gasteiger partial charge < -0.3 is 20.1 Å². The second-order valence-corrected chi connectivity index (χ2v) is 10.7. The first-order chi connectivity index (χ1) is 18.5. The molecule has 9 nitrogen and oxygen atoms in total. The second kappa shape index (κ2) is 10.8. The number of likely N-dealkylation sites (tertiary alicyclic amines) is 1. The van der Waals surface area contributed by atoms with Crippen molar-refractivity contribution in [3.63, 3.8) is 0 Å². The van der Waals surface area contributed by atoms with Gasteiger partial charge in [0.2, 0.25) is 5.88 Å². The van der Waals surface area contributed by atoms with Gasteiger partial charge in [-0.25, -0.2) is 9.97 Å². The lowest BCUT2D eigenvalue weighted by Crippen LogP contribution is -2.36. The van der Waals surface area contributed by atoms with E-state index in [-0.39, 0.29) is 11.8 Å². The number of hydrogen-bond donors (Lipinski definition) is 2. The number of pyridine rings is 2. The van der Waals surface area contributed by atoms with Crippen LogP contribution < -0.4 is 10.2 Å². The molecular weight excluding hydrogens is 480 g/mol. The van der Waals surface area contributed by atoms with Crippen molar-refractivity contribution < 1.29 is 14.6 Å². The number of fused-ring (bicyclic) bond motifs is 1. The van der Waals surface area contributed by atoms with Crippen LogP contribution in [0, 0.1) is 6.92 Å². The third-order valence-corrected chi connectivity index (χ3v) is 8.06. The molecule has 6 rings (SSSR count). The fourth-order valence-electron chi connectivity index (χ4n) is 6.02. The van der Waals surface area contributed by atoms with Gasteiger partial charge in [-0.15, -0.1) is 0 Å². The standard InChI is InChI=1S/C29H36N6O3/c1-20-14-27(36)32-26-5-4-22(16-24(20)26)31-29(37)25-15-21(18-33-10-12-38-13-11-33)17-30-28(25)35-9-6-23(19-35)34-7-2-3-8-34/h4-5,14-17,23H,2-3,6-13,18-19H2,1H3,(H,31,37)(H,32,36). The van der Waals surface area contributed by atoms with Crippen LogP contribution in [0.1, 0.15) is 40.7 Å². The topological polar surface area (TPSA) is 94.1 Å². The van der Waals surface area contributed by atoms with Crippen molar-refractivity contribution in [3.05, 3.63) is 53.2 Å². The van der Waals surface area contributed by atoms with E-state index in [0.29, 0.717) is 22.8 Å². The number of carbonyl (C=O) groups is 1. The quantitative estimate of drug-likeness (QED) is 0.515. The lowest BCUT2D eigenvalue weighted by atomic mass is 10.1. The van der Waals surface area contributed by atoms with Crippen LogP contribution in [0.5, 0.6) is 5.88 Å². The Balaban J connectivity index is 1.27. The van der Waals surface area contributed by atoms with Crippen molar-refractivity contribution in [2.24, 2.45) is 0 Å². The average molecular weight is 517 g/mol. The monoisotopic (exact) mass is 516 g/mol. The van der Waals surface area contributed by atoms with Crippen LogP contribution in [-0.2, 0) is 11.3 Å². The van der Waals surface area contributed by atoms with E-state index >= 15 is 0 Å². The zero-order chi connectivity index (χ0) is 26.1. The van der Waals surface area contributed by atoms with Crippen LogP contribution in [0.4, 0.5) is 11.5 Å². The number of aryl methyl sites for hydroxylation is 1. The van der Waals surface area contributed by atoms with Crippen molar-refractivity contribution in [1.82, 2.24) is 19.8 Å².